The van der Waals surface area contributed by atoms with Gasteiger partial charge < -0.3 is 4.74 Å². The summed E-state index contributed by atoms with van der Waals surface area (Å²) in [5, 5.41) is 0.697. The quantitative estimate of drug-likeness (QED) is 0.777. The number of aromatic nitrogens is 1. The molecule has 0 saturated carbocycles. The Morgan fingerprint density at radius 3 is 2.72 bits per heavy atom. The van der Waals surface area contributed by atoms with Crippen molar-refractivity contribution < 1.29 is 4.74 Å². The maximum Gasteiger partial charge on any atom is 0.214 e. The fourth-order valence-electron chi connectivity index (χ4n) is 1.63. The molecule has 0 fully saturated rings. The molecule has 1 aromatic heterocycles. The zero-order valence-corrected chi connectivity index (χ0v) is 11.5. The van der Waals surface area contributed by atoms with Crippen LogP contribution in [0.3, 0.4) is 0 Å². The molecular formula is C14H13Cl2NO. The van der Waals surface area contributed by atoms with Crippen LogP contribution in [-0.2, 0) is 12.5 Å². The first-order valence-corrected chi connectivity index (χ1v) is 6.50. The highest BCUT2D eigenvalue weighted by atomic mass is 35.5. The molecule has 0 amide bonds. The van der Waals surface area contributed by atoms with Crippen LogP contribution < -0.4 is 4.74 Å². The second-order valence-corrected chi connectivity index (χ2v) is 4.64. The summed E-state index contributed by atoms with van der Waals surface area (Å²) in [6, 6.07) is 11.4. The summed E-state index contributed by atoms with van der Waals surface area (Å²) >= 11 is 11.9. The van der Waals surface area contributed by atoms with Crippen LogP contribution in [0.5, 0.6) is 5.88 Å². The Labute approximate surface area is 117 Å². The van der Waals surface area contributed by atoms with Crippen molar-refractivity contribution >= 4 is 23.2 Å². The lowest BCUT2D eigenvalue weighted by Crippen LogP contribution is -1.99. The Hall–Kier alpha value is -1.25. The molecule has 0 saturated heterocycles. The minimum absolute atomic E-state index is 0.401. The van der Waals surface area contributed by atoms with Crippen molar-refractivity contribution in [1.29, 1.82) is 0 Å². The van der Waals surface area contributed by atoms with Gasteiger partial charge in [-0.1, -0.05) is 29.8 Å². The van der Waals surface area contributed by atoms with Crippen molar-refractivity contribution in [2.24, 2.45) is 0 Å². The van der Waals surface area contributed by atoms with Gasteiger partial charge in [0.15, 0.2) is 0 Å². The van der Waals surface area contributed by atoms with Crippen molar-refractivity contribution in [2.75, 3.05) is 0 Å². The van der Waals surface area contributed by atoms with Gasteiger partial charge in [-0.05, 0) is 24.6 Å². The summed E-state index contributed by atoms with van der Waals surface area (Å²) in [5.74, 6) is 1.02. The molecule has 2 nitrogen and oxygen atoms in total. The topological polar surface area (TPSA) is 22.1 Å². The summed E-state index contributed by atoms with van der Waals surface area (Å²) in [5.41, 5.74) is 2.83. The van der Waals surface area contributed by atoms with Crippen LogP contribution in [0.25, 0.3) is 0 Å². The Morgan fingerprint density at radius 2 is 2.00 bits per heavy atom. The zero-order valence-electron chi connectivity index (χ0n) is 9.99. The number of ether oxygens (including phenoxy) is 1. The normalized spacial score (nSPS) is 10.4. The molecule has 0 aliphatic heterocycles. The minimum Gasteiger partial charge on any atom is -0.473 e. The Bertz CT molecular complexity index is 543. The molecule has 94 valence electrons. The molecule has 0 spiro atoms. The van der Waals surface area contributed by atoms with Crippen LogP contribution in [0, 0.1) is 6.92 Å². The first-order valence-electron chi connectivity index (χ1n) is 5.59. The maximum absolute atomic E-state index is 6.06. The fraction of sp³-hybridized carbons (Fsp3) is 0.214. The first kappa shape index (κ1) is 13.2. The average Bonchev–Trinajstić information content (AvgIpc) is 2.37. The van der Waals surface area contributed by atoms with Gasteiger partial charge in [-0.3, -0.25) is 0 Å². The van der Waals surface area contributed by atoms with Crippen LogP contribution in [0.2, 0.25) is 5.02 Å². The largest absolute Gasteiger partial charge is 0.473 e. The van der Waals surface area contributed by atoms with Crippen LogP contribution in [0.4, 0.5) is 0 Å². The SMILES string of the molecule is Cc1cc(CCl)cc(OCc2ccccc2Cl)n1. The van der Waals surface area contributed by atoms with Crippen LogP contribution >= 0.6 is 23.2 Å². The average molecular weight is 282 g/mol. The molecule has 0 aliphatic rings. The number of halogens is 2. The fourth-order valence-corrected chi connectivity index (χ4v) is 1.97. The van der Waals surface area contributed by atoms with E-state index < -0.39 is 0 Å². The second-order valence-electron chi connectivity index (χ2n) is 3.97. The van der Waals surface area contributed by atoms with E-state index in [4.69, 9.17) is 27.9 Å². The molecule has 4 heteroatoms. The van der Waals surface area contributed by atoms with Gasteiger partial charge in [-0.15, -0.1) is 11.6 Å². The van der Waals surface area contributed by atoms with E-state index in [-0.39, 0.29) is 0 Å². The summed E-state index contributed by atoms with van der Waals surface area (Å²) in [6.45, 7) is 2.32. The molecule has 0 unspecified atom stereocenters. The predicted molar refractivity (Wildman–Crippen MR) is 74.3 cm³/mol. The summed E-state index contributed by atoms with van der Waals surface area (Å²) in [7, 11) is 0. The summed E-state index contributed by atoms with van der Waals surface area (Å²) in [4.78, 5) is 4.30. The lowest BCUT2D eigenvalue weighted by molar-refractivity contribution is 0.293. The van der Waals surface area contributed by atoms with Crippen molar-refractivity contribution in [3.63, 3.8) is 0 Å². The number of aryl methyl sites for hydroxylation is 1. The Kier molecular flexibility index (Phi) is 4.45. The molecule has 0 aliphatic carbocycles. The van der Waals surface area contributed by atoms with Crippen LogP contribution in [-0.4, -0.2) is 4.98 Å². The van der Waals surface area contributed by atoms with Gasteiger partial charge in [-0.2, -0.15) is 0 Å². The van der Waals surface area contributed by atoms with Gasteiger partial charge in [0, 0.05) is 28.2 Å². The van der Waals surface area contributed by atoms with Gasteiger partial charge in [0.1, 0.15) is 6.61 Å². The van der Waals surface area contributed by atoms with E-state index in [9.17, 15) is 0 Å². The zero-order chi connectivity index (χ0) is 13.0. The number of benzene rings is 1. The van der Waals surface area contributed by atoms with Gasteiger partial charge in [-0.25, -0.2) is 4.98 Å². The van der Waals surface area contributed by atoms with Gasteiger partial charge in [0.25, 0.3) is 0 Å². The molecule has 0 bridgehead atoms. The van der Waals surface area contributed by atoms with E-state index in [1.54, 1.807) is 0 Å². The third-order valence-electron chi connectivity index (χ3n) is 2.48. The van der Waals surface area contributed by atoms with E-state index in [0.29, 0.717) is 23.4 Å². The number of hydrogen-bond acceptors (Lipinski definition) is 2. The van der Waals surface area contributed by atoms with Crippen molar-refractivity contribution in [1.82, 2.24) is 4.98 Å². The van der Waals surface area contributed by atoms with E-state index in [1.807, 2.05) is 43.3 Å². The maximum atomic E-state index is 6.06. The summed E-state index contributed by atoms with van der Waals surface area (Å²) in [6.07, 6.45) is 0. The highest BCUT2D eigenvalue weighted by molar-refractivity contribution is 6.31. The highest BCUT2D eigenvalue weighted by Crippen LogP contribution is 2.19. The molecule has 2 aromatic rings. The summed E-state index contributed by atoms with van der Waals surface area (Å²) < 4.78 is 5.64. The number of pyridine rings is 1. The second kappa shape index (κ2) is 6.07. The molecule has 0 N–H and O–H groups in total. The van der Waals surface area contributed by atoms with E-state index in [2.05, 4.69) is 4.98 Å². The van der Waals surface area contributed by atoms with Crippen molar-refractivity contribution in [2.45, 2.75) is 19.4 Å². The van der Waals surface area contributed by atoms with Crippen molar-refractivity contribution in [3.8, 4) is 5.88 Å². The van der Waals surface area contributed by atoms with Crippen LogP contribution in [0.1, 0.15) is 16.8 Å². The lowest BCUT2D eigenvalue weighted by atomic mass is 10.2. The molecular weight excluding hydrogens is 269 g/mol. The number of alkyl halides is 1. The van der Waals surface area contributed by atoms with Gasteiger partial charge in [0.05, 0.1) is 0 Å². The highest BCUT2D eigenvalue weighted by Gasteiger charge is 2.03. The third kappa shape index (κ3) is 3.37. The Balaban J connectivity index is 2.11. The number of nitrogens with zero attached hydrogens (tertiary/aromatic N) is 1. The molecule has 2 rings (SSSR count). The standard InChI is InChI=1S/C14H13Cl2NO/c1-10-6-11(8-15)7-14(17-10)18-9-12-4-2-3-5-13(12)16/h2-7H,8-9H2,1H3. The van der Waals surface area contributed by atoms with Gasteiger partial charge >= 0.3 is 0 Å². The Morgan fingerprint density at radius 1 is 1.22 bits per heavy atom. The van der Waals surface area contributed by atoms with E-state index >= 15 is 0 Å². The number of rotatable bonds is 4. The minimum atomic E-state index is 0.401. The molecule has 1 heterocycles. The van der Waals surface area contributed by atoms with Crippen molar-refractivity contribution in [3.05, 3.63) is 58.2 Å². The third-order valence-corrected chi connectivity index (χ3v) is 3.15. The van der Waals surface area contributed by atoms with E-state index in [1.165, 1.54) is 0 Å². The monoisotopic (exact) mass is 281 g/mol. The van der Waals surface area contributed by atoms with Crippen LogP contribution in [0.15, 0.2) is 36.4 Å². The van der Waals surface area contributed by atoms with Gasteiger partial charge in [0.2, 0.25) is 5.88 Å². The molecule has 0 radical (unpaired) electrons. The first-order chi connectivity index (χ1) is 8.69. The predicted octanol–water partition coefficient (Wildman–Crippen LogP) is 4.36. The molecule has 0 atom stereocenters. The smallest absolute Gasteiger partial charge is 0.214 e. The lowest BCUT2D eigenvalue weighted by Gasteiger charge is -2.08. The molecule has 18 heavy (non-hydrogen) atoms. The number of hydrogen-bond donors (Lipinski definition) is 0. The molecule has 1 aromatic carbocycles. The van der Waals surface area contributed by atoms with E-state index in [0.717, 1.165) is 16.8 Å².